The van der Waals surface area contributed by atoms with Crippen LogP contribution in [0.3, 0.4) is 0 Å². The van der Waals surface area contributed by atoms with Crippen molar-refractivity contribution in [3.05, 3.63) is 150 Å². The highest BCUT2D eigenvalue weighted by Gasteiger charge is 2.31. The standard InChI is InChI=1S/C36H27N3O/c1-24(33-29-16-8-10-18-31(29)40-32-19-11-9-17-30(32)33)25-20-22-28(23-21-25)36-38-34(26-12-4-2-5-13-26)37-35(39-36)27-14-6-3-7-15-27/h2-24,33H,1H3. The van der Waals surface area contributed by atoms with Gasteiger partial charge in [-0.25, -0.2) is 15.0 Å². The second-order valence-corrected chi connectivity index (χ2v) is 10.1. The Morgan fingerprint density at radius 3 is 1.35 bits per heavy atom. The van der Waals surface area contributed by atoms with Crippen molar-refractivity contribution in [3.8, 4) is 45.7 Å². The normalized spacial score (nSPS) is 13.1. The monoisotopic (exact) mass is 517 g/mol. The van der Waals surface area contributed by atoms with Crippen LogP contribution in [-0.4, -0.2) is 15.0 Å². The van der Waals surface area contributed by atoms with E-state index >= 15 is 0 Å². The fourth-order valence-electron chi connectivity index (χ4n) is 5.55. The highest BCUT2D eigenvalue weighted by molar-refractivity contribution is 5.66. The quantitative estimate of drug-likeness (QED) is 0.229. The molecule has 4 nitrogen and oxygen atoms in total. The Kier molecular flexibility index (Phi) is 6.14. The molecule has 0 bridgehead atoms. The van der Waals surface area contributed by atoms with Crippen molar-refractivity contribution in [2.75, 3.05) is 0 Å². The zero-order valence-corrected chi connectivity index (χ0v) is 22.1. The third-order valence-corrected chi connectivity index (χ3v) is 7.62. The van der Waals surface area contributed by atoms with E-state index in [1.165, 1.54) is 16.7 Å². The molecule has 2 heterocycles. The van der Waals surface area contributed by atoms with Gasteiger partial charge in [-0.15, -0.1) is 0 Å². The van der Waals surface area contributed by atoms with Crippen LogP contribution in [0.2, 0.25) is 0 Å². The summed E-state index contributed by atoms with van der Waals surface area (Å²) in [5, 5.41) is 0. The largest absolute Gasteiger partial charge is 0.457 e. The zero-order chi connectivity index (χ0) is 26.9. The first-order valence-electron chi connectivity index (χ1n) is 13.6. The number of ether oxygens (including phenoxy) is 1. The number of aromatic nitrogens is 3. The van der Waals surface area contributed by atoms with Crippen molar-refractivity contribution in [3.63, 3.8) is 0 Å². The lowest BCUT2D eigenvalue weighted by Crippen LogP contribution is -2.16. The molecule has 7 rings (SSSR count). The van der Waals surface area contributed by atoms with Gasteiger partial charge in [0, 0.05) is 33.7 Å². The molecule has 0 aliphatic carbocycles. The third-order valence-electron chi connectivity index (χ3n) is 7.62. The van der Waals surface area contributed by atoms with Gasteiger partial charge >= 0.3 is 0 Å². The maximum Gasteiger partial charge on any atom is 0.164 e. The summed E-state index contributed by atoms with van der Waals surface area (Å²) in [5.74, 6) is 4.28. The van der Waals surface area contributed by atoms with E-state index in [0.717, 1.165) is 28.2 Å². The van der Waals surface area contributed by atoms with Gasteiger partial charge in [0.15, 0.2) is 17.5 Å². The molecule has 4 heteroatoms. The minimum absolute atomic E-state index is 0.193. The molecule has 1 aliphatic heterocycles. The maximum absolute atomic E-state index is 6.24. The van der Waals surface area contributed by atoms with Gasteiger partial charge in [0.1, 0.15) is 11.5 Å². The van der Waals surface area contributed by atoms with Crippen LogP contribution in [0.5, 0.6) is 11.5 Å². The number of nitrogens with zero attached hydrogens (tertiary/aromatic N) is 3. The van der Waals surface area contributed by atoms with E-state index in [2.05, 4.69) is 67.6 Å². The molecule has 192 valence electrons. The average Bonchev–Trinajstić information content (AvgIpc) is 3.04. The van der Waals surface area contributed by atoms with Gasteiger partial charge < -0.3 is 4.74 Å². The molecule has 0 saturated heterocycles. The molecule has 0 N–H and O–H groups in total. The van der Waals surface area contributed by atoms with Crippen molar-refractivity contribution in [1.29, 1.82) is 0 Å². The number of rotatable bonds is 5. The minimum Gasteiger partial charge on any atom is -0.457 e. The van der Waals surface area contributed by atoms with Gasteiger partial charge in [-0.2, -0.15) is 0 Å². The average molecular weight is 518 g/mol. The predicted octanol–water partition coefficient (Wildman–Crippen LogP) is 8.91. The van der Waals surface area contributed by atoms with Crippen LogP contribution >= 0.6 is 0 Å². The lowest BCUT2D eigenvalue weighted by atomic mass is 9.76. The van der Waals surface area contributed by atoms with Crippen molar-refractivity contribution in [1.82, 2.24) is 15.0 Å². The second kappa shape index (κ2) is 10.2. The molecule has 1 unspecified atom stereocenters. The Balaban J connectivity index is 1.27. The Morgan fingerprint density at radius 2 is 0.875 bits per heavy atom. The molecule has 5 aromatic carbocycles. The smallest absolute Gasteiger partial charge is 0.164 e. The van der Waals surface area contributed by atoms with Crippen molar-refractivity contribution < 1.29 is 4.74 Å². The Labute approximate surface area is 234 Å². The number of hydrogen-bond donors (Lipinski definition) is 0. The molecule has 1 atom stereocenters. The van der Waals surface area contributed by atoms with E-state index in [1.807, 2.05) is 72.8 Å². The van der Waals surface area contributed by atoms with Gasteiger partial charge in [-0.05, 0) is 23.6 Å². The van der Waals surface area contributed by atoms with Gasteiger partial charge in [0.2, 0.25) is 0 Å². The van der Waals surface area contributed by atoms with Crippen LogP contribution in [0.15, 0.2) is 133 Å². The van der Waals surface area contributed by atoms with Crippen LogP contribution in [0.1, 0.15) is 35.4 Å². The number of fused-ring (bicyclic) bond motifs is 2. The molecule has 0 amide bonds. The first kappa shape index (κ1) is 24.0. The maximum atomic E-state index is 6.24. The lowest BCUT2D eigenvalue weighted by molar-refractivity contribution is 0.434. The van der Waals surface area contributed by atoms with E-state index in [4.69, 9.17) is 19.7 Å². The first-order valence-corrected chi connectivity index (χ1v) is 13.6. The Bertz CT molecular complexity index is 1680. The van der Waals surface area contributed by atoms with Crippen molar-refractivity contribution in [2.45, 2.75) is 18.8 Å². The molecule has 0 fully saturated rings. The van der Waals surface area contributed by atoms with Crippen LogP contribution in [0.4, 0.5) is 0 Å². The summed E-state index contributed by atoms with van der Waals surface area (Å²) in [4.78, 5) is 14.6. The van der Waals surface area contributed by atoms with Crippen LogP contribution < -0.4 is 4.74 Å². The minimum atomic E-state index is 0.193. The lowest BCUT2D eigenvalue weighted by Gasteiger charge is -2.32. The van der Waals surface area contributed by atoms with E-state index in [-0.39, 0.29) is 11.8 Å². The number of hydrogen-bond acceptors (Lipinski definition) is 4. The summed E-state index contributed by atoms with van der Waals surface area (Å²) >= 11 is 0. The molecule has 6 aromatic rings. The number of para-hydroxylation sites is 2. The molecule has 40 heavy (non-hydrogen) atoms. The fraction of sp³-hybridized carbons (Fsp3) is 0.0833. The van der Waals surface area contributed by atoms with Crippen LogP contribution in [0.25, 0.3) is 34.2 Å². The third kappa shape index (κ3) is 4.44. The van der Waals surface area contributed by atoms with Crippen LogP contribution in [0, 0.1) is 0 Å². The second-order valence-electron chi connectivity index (χ2n) is 10.1. The zero-order valence-electron chi connectivity index (χ0n) is 22.1. The van der Waals surface area contributed by atoms with E-state index in [1.54, 1.807) is 0 Å². The van der Waals surface area contributed by atoms with Crippen molar-refractivity contribution >= 4 is 0 Å². The summed E-state index contributed by atoms with van der Waals surface area (Å²) in [6.07, 6.45) is 0. The first-order chi connectivity index (χ1) is 19.7. The SMILES string of the molecule is CC(c1ccc(-c2nc(-c3ccccc3)nc(-c3ccccc3)n2)cc1)C1c2ccccc2Oc2ccccc21. The Hall–Kier alpha value is -5.09. The highest BCUT2D eigenvalue weighted by Crippen LogP contribution is 2.50. The molecular weight excluding hydrogens is 490 g/mol. The van der Waals surface area contributed by atoms with E-state index < -0.39 is 0 Å². The molecule has 0 radical (unpaired) electrons. The van der Waals surface area contributed by atoms with Gasteiger partial charge in [-0.1, -0.05) is 128 Å². The van der Waals surface area contributed by atoms with Gasteiger partial charge in [-0.3, -0.25) is 0 Å². The molecule has 1 aromatic heterocycles. The Morgan fingerprint density at radius 1 is 0.475 bits per heavy atom. The molecule has 0 spiro atoms. The summed E-state index contributed by atoms with van der Waals surface area (Å²) < 4.78 is 6.24. The molecule has 0 saturated carbocycles. The fourth-order valence-corrected chi connectivity index (χ4v) is 5.55. The predicted molar refractivity (Wildman–Crippen MR) is 159 cm³/mol. The number of benzene rings is 5. The highest BCUT2D eigenvalue weighted by atomic mass is 16.5. The van der Waals surface area contributed by atoms with Crippen molar-refractivity contribution in [2.24, 2.45) is 0 Å². The van der Waals surface area contributed by atoms with Gasteiger partial charge in [0.05, 0.1) is 0 Å². The van der Waals surface area contributed by atoms with Crippen LogP contribution in [-0.2, 0) is 0 Å². The topological polar surface area (TPSA) is 47.9 Å². The summed E-state index contributed by atoms with van der Waals surface area (Å²) in [7, 11) is 0. The molecule has 1 aliphatic rings. The van der Waals surface area contributed by atoms with E-state index in [0.29, 0.717) is 17.5 Å². The summed E-state index contributed by atoms with van der Waals surface area (Å²) in [6.45, 7) is 2.29. The molecular formula is C36H27N3O. The van der Waals surface area contributed by atoms with Gasteiger partial charge in [0.25, 0.3) is 0 Å². The van der Waals surface area contributed by atoms with E-state index in [9.17, 15) is 0 Å². The summed E-state index contributed by atoms with van der Waals surface area (Å²) in [6, 6.07) is 45.5. The summed E-state index contributed by atoms with van der Waals surface area (Å²) in [5.41, 5.74) is 6.57.